The van der Waals surface area contributed by atoms with Crippen molar-refractivity contribution in [3.05, 3.63) is 40.3 Å². The lowest BCUT2D eigenvalue weighted by Gasteiger charge is -2.12. The fourth-order valence-corrected chi connectivity index (χ4v) is 2.28. The molecule has 7 heteroatoms. The van der Waals surface area contributed by atoms with Gasteiger partial charge in [0.1, 0.15) is 5.69 Å². The molecule has 2 heterocycles. The van der Waals surface area contributed by atoms with E-state index in [0.29, 0.717) is 10.6 Å². The zero-order valence-electron chi connectivity index (χ0n) is 9.53. The lowest BCUT2D eigenvalue weighted by molar-refractivity contribution is -0.139. The monoisotopic (exact) mass is 265 g/mol. The normalized spacial score (nSPS) is 12.1. The number of aromatic nitrogens is 2. The summed E-state index contributed by atoms with van der Waals surface area (Å²) in [5.41, 5.74) is 0.317. The van der Waals surface area contributed by atoms with Gasteiger partial charge >= 0.3 is 5.97 Å². The van der Waals surface area contributed by atoms with Crippen molar-refractivity contribution in [3.8, 4) is 0 Å². The van der Waals surface area contributed by atoms with Crippen LogP contribution < -0.4 is 5.32 Å². The van der Waals surface area contributed by atoms with Crippen molar-refractivity contribution in [2.75, 3.05) is 0 Å². The molecule has 1 unspecified atom stereocenters. The summed E-state index contributed by atoms with van der Waals surface area (Å²) in [5.74, 6) is -1.55. The van der Waals surface area contributed by atoms with Crippen molar-refractivity contribution in [1.82, 2.24) is 15.1 Å². The summed E-state index contributed by atoms with van der Waals surface area (Å²) in [5, 5.41) is 17.2. The minimum absolute atomic E-state index is 0.317. The van der Waals surface area contributed by atoms with E-state index in [1.807, 2.05) is 0 Å². The molecular formula is C11H11N3O3S. The fraction of sp³-hybridized carbons (Fsp3) is 0.182. The lowest BCUT2D eigenvalue weighted by atomic mass is 10.2. The summed E-state index contributed by atoms with van der Waals surface area (Å²) in [6.45, 7) is 0. The molecule has 0 radical (unpaired) electrons. The second-order valence-electron chi connectivity index (χ2n) is 3.60. The molecule has 1 amide bonds. The highest BCUT2D eigenvalue weighted by atomic mass is 32.1. The quantitative estimate of drug-likeness (QED) is 0.865. The molecular weight excluding hydrogens is 254 g/mol. The molecule has 0 aromatic carbocycles. The van der Waals surface area contributed by atoms with E-state index in [2.05, 4.69) is 10.4 Å². The number of carboxylic acids is 1. The topological polar surface area (TPSA) is 84.2 Å². The summed E-state index contributed by atoms with van der Waals surface area (Å²) in [7, 11) is 1.62. The van der Waals surface area contributed by atoms with E-state index in [1.54, 1.807) is 24.6 Å². The van der Waals surface area contributed by atoms with Crippen LogP contribution in [0.5, 0.6) is 0 Å². The number of amides is 1. The molecule has 1 atom stereocenters. The average Bonchev–Trinajstić information content (AvgIpc) is 2.95. The highest BCUT2D eigenvalue weighted by Crippen LogP contribution is 2.19. The van der Waals surface area contributed by atoms with Gasteiger partial charge in [-0.2, -0.15) is 5.10 Å². The van der Waals surface area contributed by atoms with Crippen LogP contribution in [-0.2, 0) is 11.8 Å². The minimum Gasteiger partial charge on any atom is -0.479 e. The van der Waals surface area contributed by atoms with Gasteiger partial charge in [-0.15, -0.1) is 11.3 Å². The molecule has 0 saturated carbocycles. The zero-order chi connectivity index (χ0) is 13.1. The zero-order valence-corrected chi connectivity index (χ0v) is 10.3. The standard InChI is InChI=1S/C11H11N3O3S/c1-14-7(4-5-12-14)10(15)13-9(11(16)17)8-3-2-6-18-8/h2-6,9H,1H3,(H,13,15)(H,16,17). The molecule has 2 aromatic rings. The number of rotatable bonds is 4. The van der Waals surface area contributed by atoms with E-state index in [1.165, 1.54) is 28.3 Å². The Morgan fingerprint density at radius 1 is 1.50 bits per heavy atom. The summed E-state index contributed by atoms with van der Waals surface area (Å²) >= 11 is 1.28. The van der Waals surface area contributed by atoms with Gasteiger partial charge in [0.2, 0.25) is 0 Å². The minimum atomic E-state index is -1.09. The van der Waals surface area contributed by atoms with E-state index in [-0.39, 0.29) is 0 Å². The van der Waals surface area contributed by atoms with Gasteiger partial charge in [0.15, 0.2) is 6.04 Å². The van der Waals surface area contributed by atoms with Crippen LogP contribution in [-0.4, -0.2) is 26.8 Å². The average molecular weight is 265 g/mol. The van der Waals surface area contributed by atoms with E-state index >= 15 is 0 Å². The van der Waals surface area contributed by atoms with Crippen molar-refractivity contribution in [2.45, 2.75) is 6.04 Å². The van der Waals surface area contributed by atoms with Crippen LogP contribution in [0.3, 0.4) is 0 Å². The SMILES string of the molecule is Cn1nccc1C(=O)NC(C(=O)O)c1cccs1. The molecule has 2 N–H and O–H groups in total. The second-order valence-corrected chi connectivity index (χ2v) is 4.58. The molecule has 2 aromatic heterocycles. The van der Waals surface area contributed by atoms with E-state index in [9.17, 15) is 9.59 Å². The van der Waals surface area contributed by atoms with Gasteiger partial charge in [0.05, 0.1) is 0 Å². The number of nitrogens with zero attached hydrogens (tertiary/aromatic N) is 2. The van der Waals surface area contributed by atoms with Crippen molar-refractivity contribution in [2.24, 2.45) is 7.05 Å². The molecule has 0 spiro atoms. The van der Waals surface area contributed by atoms with Gasteiger partial charge in [-0.05, 0) is 17.5 Å². The summed E-state index contributed by atoms with van der Waals surface area (Å²) < 4.78 is 1.39. The number of carbonyl (C=O) groups is 2. The summed E-state index contributed by atoms with van der Waals surface area (Å²) in [6.07, 6.45) is 1.48. The van der Waals surface area contributed by atoms with E-state index in [4.69, 9.17) is 5.11 Å². The molecule has 94 valence electrons. The lowest BCUT2D eigenvalue weighted by Crippen LogP contribution is -2.34. The van der Waals surface area contributed by atoms with Crippen LogP contribution in [0, 0.1) is 0 Å². The van der Waals surface area contributed by atoms with E-state index < -0.39 is 17.9 Å². The third-order valence-corrected chi connectivity index (χ3v) is 3.34. The van der Waals surface area contributed by atoms with Gasteiger partial charge < -0.3 is 10.4 Å². The number of hydrogen-bond acceptors (Lipinski definition) is 4. The Kier molecular flexibility index (Phi) is 3.42. The Bertz CT molecular complexity index is 562. The first-order valence-electron chi connectivity index (χ1n) is 5.14. The number of thiophene rings is 1. The molecule has 6 nitrogen and oxygen atoms in total. The summed E-state index contributed by atoms with van der Waals surface area (Å²) in [4.78, 5) is 23.6. The Hall–Kier alpha value is -2.15. The Morgan fingerprint density at radius 3 is 2.78 bits per heavy atom. The Labute approximate surface area is 107 Å². The number of aliphatic carboxylic acids is 1. The highest BCUT2D eigenvalue weighted by molar-refractivity contribution is 7.10. The Morgan fingerprint density at radius 2 is 2.28 bits per heavy atom. The Balaban J connectivity index is 2.18. The largest absolute Gasteiger partial charge is 0.479 e. The van der Waals surface area contributed by atoms with Crippen LogP contribution in [0.4, 0.5) is 0 Å². The predicted molar refractivity (Wildman–Crippen MR) is 65.4 cm³/mol. The highest BCUT2D eigenvalue weighted by Gasteiger charge is 2.24. The number of hydrogen-bond donors (Lipinski definition) is 2. The maximum absolute atomic E-state index is 11.9. The number of aryl methyl sites for hydroxylation is 1. The first kappa shape index (κ1) is 12.3. The molecule has 0 aliphatic carbocycles. The third-order valence-electron chi connectivity index (χ3n) is 2.40. The first-order chi connectivity index (χ1) is 8.59. The molecule has 0 aliphatic heterocycles. The van der Waals surface area contributed by atoms with Crippen LogP contribution in [0.1, 0.15) is 21.4 Å². The van der Waals surface area contributed by atoms with Crippen molar-refractivity contribution < 1.29 is 14.7 Å². The number of nitrogens with one attached hydrogen (secondary N) is 1. The fourth-order valence-electron chi connectivity index (χ4n) is 1.51. The van der Waals surface area contributed by atoms with Gasteiger partial charge in [-0.3, -0.25) is 9.48 Å². The van der Waals surface area contributed by atoms with Gasteiger partial charge in [-0.25, -0.2) is 4.79 Å². The van der Waals surface area contributed by atoms with Crippen LogP contribution in [0.15, 0.2) is 29.8 Å². The van der Waals surface area contributed by atoms with E-state index in [0.717, 1.165) is 0 Å². The van der Waals surface area contributed by atoms with Crippen LogP contribution >= 0.6 is 11.3 Å². The first-order valence-corrected chi connectivity index (χ1v) is 6.02. The predicted octanol–water partition coefficient (Wildman–Crippen LogP) is 1.04. The third kappa shape index (κ3) is 2.40. The second kappa shape index (κ2) is 5.01. The molecule has 0 bridgehead atoms. The molecule has 18 heavy (non-hydrogen) atoms. The summed E-state index contributed by atoms with van der Waals surface area (Å²) in [6, 6.07) is 3.91. The molecule has 0 saturated heterocycles. The molecule has 0 fully saturated rings. The molecule has 0 aliphatic rings. The van der Waals surface area contributed by atoms with Crippen molar-refractivity contribution >= 4 is 23.2 Å². The van der Waals surface area contributed by atoms with Crippen LogP contribution in [0.2, 0.25) is 0 Å². The maximum Gasteiger partial charge on any atom is 0.331 e. The van der Waals surface area contributed by atoms with Crippen molar-refractivity contribution in [1.29, 1.82) is 0 Å². The molecule has 2 rings (SSSR count). The van der Waals surface area contributed by atoms with Gasteiger partial charge in [0.25, 0.3) is 5.91 Å². The number of carboxylic acid groups (broad SMARTS) is 1. The smallest absolute Gasteiger partial charge is 0.331 e. The number of carbonyl (C=O) groups excluding carboxylic acids is 1. The van der Waals surface area contributed by atoms with Gasteiger partial charge in [-0.1, -0.05) is 6.07 Å². The van der Waals surface area contributed by atoms with Gasteiger partial charge in [0, 0.05) is 18.1 Å². The maximum atomic E-state index is 11.9. The van der Waals surface area contributed by atoms with Crippen LogP contribution in [0.25, 0.3) is 0 Å². The van der Waals surface area contributed by atoms with Crippen molar-refractivity contribution in [3.63, 3.8) is 0 Å².